The van der Waals surface area contributed by atoms with Crippen LogP contribution >= 0.6 is 0 Å². The Labute approximate surface area is 56.6 Å². The van der Waals surface area contributed by atoms with Gasteiger partial charge in [0, 0.05) is 0 Å². The molecule has 1 rings (SSSR count). The summed E-state index contributed by atoms with van der Waals surface area (Å²) in [5.41, 5.74) is 2.86. The summed E-state index contributed by atoms with van der Waals surface area (Å²) in [5.74, 6) is 0. The monoisotopic (exact) mass is 120 g/mol. The summed E-state index contributed by atoms with van der Waals surface area (Å²) in [6, 6.07) is 0. The second-order valence-corrected chi connectivity index (χ2v) is 2.30. The number of hydrogen-bond donors (Lipinski definition) is 0. The van der Waals surface area contributed by atoms with Crippen molar-refractivity contribution in [3.63, 3.8) is 0 Å². The van der Waals surface area contributed by atoms with E-state index >= 15 is 0 Å². The van der Waals surface area contributed by atoms with Gasteiger partial charge in [0.05, 0.1) is 0 Å². The molecule has 0 radical (unpaired) electrons. The molecule has 0 atom stereocenters. The molecule has 0 saturated carbocycles. The molecule has 0 aromatic carbocycles. The van der Waals surface area contributed by atoms with Crippen LogP contribution in [0.25, 0.3) is 0 Å². The highest BCUT2D eigenvalue weighted by Crippen LogP contribution is 2.17. The van der Waals surface area contributed by atoms with Crippen LogP contribution in [0.5, 0.6) is 0 Å². The van der Waals surface area contributed by atoms with E-state index in [1.807, 2.05) is 0 Å². The molecule has 0 heterocycles. The Bertz CT molecular complexity index is 180. The van der Waals surface area contributed by atoms with Crippen molar-refractivity contribution in [2.24, 2.45) is 0 Å². The Morgan fingerprint density at radius 1 is 1.56 bits per heavy atom. The maximum atomic E-state index is 2.18. The zero-order valence-electron chi connectivity index (χ0n) is 6.02. The largest absolute Gasteiger partial charge is 0.0839 e. The van der Waals surface area contributed by atoms with Crippen LogP contribution in [0.4, 0.5) is 0 Å². The first kappa shape index (κ1) is 6.34. The number of hydrogen-bond acceptors (Lipinski definition) is 0. The third-order valence-electron chi connectivity index (χ3n) is 1.68. The minimum atomic E-state index is 1.11. The molecule has 0 bridgehead atoms. The Balaban J connectivity index is 2.83. The summed E-state index contributed by atoms with van der Waals surface area (Å²) in [4.78, 5) is 0. The molecule has 0 heteroatoms. The lowest BCUT2D eigenvalue weighted by atomic mass is 10.00. The van der Waals surface area contributed by atoms with Crippen molar-refractivity contribution >= 4 is 0 Å². The van der Waals surface area contributed by atoms with Crippen molar-refractivity contribution < 1.29 is 0 Å². The smallest absolute Gasteiger partial charge is 0.00950 e. The summed E-state index contributed by atoms with van der Waals surface area (Å²) >= 11 is 0. The Morgan fingerprint density at radius 3 is 2.78 bits per heavy atom. The van der Waals surface area contributed by atoms with Gasteiger partial charge < -0.3 is 0 Å². The molecule has 0 nitrogen and oxygen atoms in total. The zero-order valence-corrected chi connectivity index (χ0v) is 6.02. The quantitative estimate of drug-likeness (QED) is 0.461. The van der Waals surface area contributed by atoms with Crippen LogP contribution in [0, 0.1) is 0 Å². The molecule has 1 aliphatic rings. The van der Waals surface area contributed by atoms with Crippen LogP contribution in [-0.4, -0.2) is 0 Å². The molecule has 0 N–H and O–H groups in total. The van der Waals surface area contributed by atoms with Gasteiger partial charge in [0.1, 0.15) is 0 Å². The first-order valence-corrected chi connectivity index (χ1v) is 3.33. The van der Waals surface area contributed by atoms with Crippen molar-refractivity contribution in [3.05, 3.63) is 35.5 Å². The second-order valence-electron chi connectivity index (χ2n) is 2.30. The molecule has 48 valence electrons. The lowest BCUT2D eigenvalue weighted by molar-refractivity contribution is 1.17. The van der Waals surface area contributed by atoms with Crippen LogP contribution in [0.2, 0.25) is 0 Å². The van der Waals surface area contributed by atoms with Crippen LogP contribution in [0.3, 0.4) is 0 Å². The van der Waals surface area contributed by atoms with Gasteiger partial charge in [-0.1, -0.05) is 24.3 Å². The fraction of sp³-hybridized carbons (Fsp3) is 0.333. The lowest BCUT2D eigenvalue weighted by Crippen LogP contribution is -1.86. The topological polar surface area (TPSA) is 0 Å². The molecule has 0 fully saturated rings. The summed E-state index contributed by atoms with van der Waals surface area (Å²) in [7, 11) is 0. The molecule has 0 unspecified atom stereocenters. The van der Waals surface area contributed by atoms with Crippen molar-refractivity contribution in [1.29, 1.82) is 0 Å². The highest BCUT2D eigenvalue weighted by Gasteiger charge is 1.97. The van der Waals surface area contributed by atoms with Gasteiger partial charge in [-0.2, -0.15) is 0 Å². The fourth-order valence-corrected chi connectivity index (χ4v) is 1.02. The summed E-state index contributed by atoms with van der Waals surface area (Å²) in [5, 5.41) is 0. The first-order chi connectivity index (χ1) is 4.34. The maximum Gasteiger partial charge on any atom is -0.00950 e. The third-order valence-corrected chi connectivity index (χ3v) is 1.68. The highest BCUT2D eigenvalue weighted by atomic mass is 14.0. The van der Waals surface area contributed by atoms with E-state index in [9.17, 15) is 0 Å². The van der Waals surface area contributed by atoms with E-state index < -0.39 is 0 Å². The molecular formula is C9H12. The van der Waals surface area contributed by atoms with Crippen molar-refractivity contribution in [2.45, 2.75) is 20.3 Å². The van der Waals surface area contributed by atoms with Gasteiger partial charge in [-0.3, -0.25) is 0 Å². The first-order valence-electron chi connectivity index (χ1n) is 3.33. The third kappa shape index (κ3) is 1.32. The van der Waals surface area contributed by atoms with Crippen molar-refractivity contribution in [3.8, 4) is 0 Å². The minimum absolute atomic E-state index is 1.11. The van der Waals surface area contributed by atoms with Crippen molar-refractivity contribution in [2.75, 3.05) is 0 Å². The van der Waals surface area contributed by atoms with Gasteiger partial charge in [-0.05, 0) is 31.4 Å². The van der Waals surface area contributed by atoms with Crippen LogP contribution < -0.4 is 0 Å². The zero-order chi connectivity index (χ0) is 6.69. The van der Waals surface area contributed by atoms with Gasteiger partial charge >= 0.3 is 0 Å². The molecule has 1 aliphatic carbocycles. The van der Waals surface area contributed by atoms with E-state index in [0.29, 0.717) is 0 Å². The van der Waals surface area contributed by atoms with Gasteiger partial charge in [0.25, 0.3) is 0 Å². The summed E-state index contributed by atoms with van der Waals surface area (Å²) in [6.45, 7) is 4.24. The molecule has 0 saturated heterocycles. The maximum absolute atomic E-state index is 2.18. The average Bonchev–Trinajstić information content (AvgIpc) is 1.89. The fourth-order valence-electron chi connectivity index (χ4n) is 1.02. The molecule has 0 aliphatic heterocycles. The van der Waals surface area contributed by atoms with E-state index in [4.69, 9.17) is 0 Å². The molecule has 0 amide bonds. The number of rotatable bonds is 0. The van der Waals surface area contributed by atoms with Gasteiger partial charge in [-0.15, -0.1) is 0 Å². The van der Waals surface area contributed by atoms with Crippen LogP contribution in [0.1, 0.15) is 20.3 Å². The summed E-state index contributed by atoms with van der Waals surface area (Å²) < 4.78 is 0. The average molecular weight is 120 g/mol. The standard InChI is InChI=1S/C9H12/c1-3-9-7-5-4-6-8(9)2/h3-6H,7H2,1-2H3/b9-3+. The normalized spacial score (nSPS) is 22.4. The van der Waals surface area contributed by atoms with Crippen molar-refractivity contribution in [1.82, 2.24) is 0 Å². The number of allylic oxidation sites excluding steroid dienone is 6. The Hall–Kier alpha value is -0.780. The van der Waals surface area contributed by atoms with E-state index in [0.717, 1.165) is 6.42 Å². The van der Waals surface area contributed by atoms with E-state index in [-0.39, 0.29) is 0 Å². The predicted octanol–water partition coefficient (Wildman–Crippen LogP) is 2.84. The minimum Gasteiger partial charge on any atom is -0.0839 e. The Kier molecular flexibility index (Phi) is 1.88. The van der Waals surface area contributed by atoms with Gasteiger partial charge in [0.15, 0.2) is 0 Å². The van der Waals surface area contributed by atoms with Crippen LogP contribution in [0.15, 0.2) is 35.5 Å². The van der Waals surface area contributed by atoms with E-state index in [1.54, 1.807) is 0 Å². The lowest BCUT2D eigenvalue weighted by Gasteiger charge is -2.06. The van der Waals surface area contributed by atoms with E-state index in [2.05, 4.69) is 38.2 Å². The second kappa shape index (κ2) is 2.67. The SMILES string of the molecule is C/C=C1\CC=CC=C1C. The molecular weight excluding hydrogens is 108 g/mol. The van der Waals surface area contributed by atoms with Crippen LogP contribution in [-0.2, 0) is 0 Å². The Morgan fingerprint density at radius 2 is 2.33 bits per heavy atom. The molecule has 0 aromatic heterocycles. The summed E-state index contributed by atoms with van der Waals surface area (Å²) in [6.07, 6.45) is 9.73. The molecule has 0 spiro atoms. The molecule has 0 aromatic rings. The highest BCUT2D eigenvalue weighted by molar-refractivity contribution is 5.36. The predicted molar refractivity (Wildman–Crippen MR) is 41.3 cm³/mol. The molecule has 9 heavy (non-hydrogen) atoms. The van der Waals surface area contributed by atoms with E-state index in [1.165, 1.54) is 11.1 Å². The van der Waals surface area contributed by atoms with Gasteiger partial charge in [-0.25, -0.2) is 0 Å². The van der Waals surface area contributed by atoms with Gasteiger partial charge in [0.2, 0.25) is 0 Å².